The average Bonchev–Trinajstić information content (AvgIpc) is 2.75. The Morgan fingerprint density at radius 3 is 2.62 bits per heavy atom. The fourth-order valence-electron chi connectivity index (χ4n) is 3.08. The van der Waals surface area contributed by atoms with E-state index >= 15 is 0 Å². The number of rotatable bonds is 8. The maximum Gasteiger partial charge on any atom is 0.293 e. The van der Waals surface area contributed by atoms with Crippen LogP contribution in [0, 0.1) is 0 Å². The van der Waals surface area contributed by atoms with Gasteiger partial charge in [-0.15, -0.1) is 0 Å². The standard InChI is InChI=1S/C18H25N7O4/c19-18-20-10-13(11-21-18)14-12-25(5-3-1-2-4-15(26)23-28)17(27)16(22-14)24-6-8-29-9-7-24/h10-12,28H,1-9H2,(H,23,26)(H2,19,20,21). The summed E-state index contributed by atoms with van der Waals surface area (Å²) in [7, 11) is 0. The molecule has 2 aromatic rings. The molecule has 2 aromatic heterocycles. The highest BCUT2D eigenvalue weighted by Crippen LogP contribution is 2.18. The lowest BCUT2D eigenvalue weighted by molar-refractivity contribution is -0.129. The van der Waals surface area contributed by atoms with Crippen LogP contribution in [-0.4, -0.2) is 56.9 Å². The molecule has 0 atom stereocenters. The summed E-state index contributed by atoms with van der Waals surface area (Å²) in [6, 6.07) is 0. The van der Waals surface area contributed by atoms with Crippen molar-refractivity contribution < 1.29 is 14.7 Å². The van der Waals surface area contributed by atoms with E-state index in [1.165, 1.54) is 0 Å². The van der Waals surface area contributed by atoms with Gasteiger partial charge in [-0.05, 0) is 12.8 Å². The Morgan fingerprint density at radius 1 is 1.21 bits per heavy atom. The number of carbonyl (C=O) groups is 1. The third kappa shape index (κ3) is 5.48. The molecule has 0 aromatic carbocycles. The SMILES string of the molecule is Nc1ncc(-c2cn(CCCCCC(=O)NO)c(=O)c(N3CCOCC3)n2)cn1. The minimum Gasteiger partial charge on any atom is -0.378 e. The number of aromatic nitrogens is 4. The van der Waals surface area contributed by atoms with Crippen LogP contribution in [0.25, 0.3) is 11.3 Å². The van der Waals surface area contributed by atoms with Crippen molar-refractivity contribution in [3.05, 3.63) is 28.9 Å². The van der Waals surface area contributed by atoms with Gasteiger partial charge in [0.15, 0.2) is 5.82 Å². The van der Waals surface area contributed by atoms with Gasteiger partial charge in [0, 0.05) is 50.2 Å². The number of amides is 1. The van der Waals surface area contributed by atoms with Crippen LogP contribution in [0.5, 0.6) is 0 Å². The molecule has 0 unspecified atom stereocenters. The summed E-state index contributed by atoms with van der Waals surface area (Å²) < 4.78 is 7.01. The number of carbonyl (C=O) groups excluding carboxylic acids is 1. The molecule has 1 aliphatic heterocycles. The lowest BCUT2D eigenvalue weighted by Crippen LogP contribution is -2.41. The van der Waals surface area contributed by atoms with Crippen LogP contribution in [0.2, 0.25) is 0 Å². The van der Waals surface area contributed by atoms with Gasteiger partial charge in [-0.25, -0.2) is 20.4 Å². The molecule has 29 heavy (non-hydrogen) atoms. The maximum absolute atomic E-state index is 13.0. The van der Waals surface area contributed by atoms with Gasteiger partial charge < -0.3 is 19.9 Å². The van der Waals surface area contributed by atoms with Crippen molar-refractivity contribution in [2.75, 3.05) is 36.9 Å². The molecule has 0 spiro atoms. The number of unbranched alkanes of at least 4 members (excludes halogenated alkanes) is 2. The van der Waals surface area contributed by atoms with Gasteiger partial charge in [-0.3, -0.25) is 14.8 Å². The minimum atomic E-state index is -0.411. The molecular formula is C18H25N7O4. The van der Waals surface area contributed by atoms with E-state index in [-0.39, 0.29) is 17.9 Å². The molecule has 0 aliphatic carbocycles. The van der Waals surface area contributed by atoms with Gasteiger partial charge in [0.05, 0.1) is 18.9 Å². The Kier molecular flexibility index (Phi) is 7.09. The summed E-state index contributed by atoms with van der Waals surface area (Å²) >= 11 is 0. The second kappa shape index (κ2) is 9.94. The van der Waals surface area contributed by atoms with Crippen molar-refractivity contribution in [1.82, 2.24) is 25.0 Å². The van der Waals surface area contributed by atoms with Gasteiger partial charge in [0.1, 0.15) is 0 Å². The molecule has 1 saturated heterocycles. The van der Waals surface area contributed by atoms with Gasteiger partial charge in [-0.2, -0.15) is 0 Å². The summed E-state index contributed by atoms with van der Waals surface area (Å²) in [6.45, 7) is 2.77. The van der Waals surface area contributed by atoms with E-state index in [4.69, 9.17) is 15.7 Å². The van der Waals surface area contributed by atoms with Crippen LogP contribution in [0.4, 0.5) is 11.8 Å². The number of hydrogen-bond donors (Lipinski definition) is 3. The number of anilines is 2. The van der Waals surface area contributed by atoms with Crippen LogP contribution in [0.3, 0.4) is 0 Å². The van der Waals surface area contributed by atoms with Gasteiger partial charge in [-0.1, -0.05) is 6.42 Å². The molecule has 1 fully saturated rings. The van der Waals surface area contributed by atoms with Crippen molar-refractivity contribution in [2.24, 2.45) is 0 Å². The van der Waals surface area contributed by atoms with Crippen molar-refractivity contribution in [1.29, 1.82) is 0 Å². The molecule has 4 N–H and O–H groups in total. The van der Waals surface area contributed by atoms with Crippen LogP contribution in [0.15, 0.2) is 23.4 Å². The number of hydrogen-bond acceptors (Lipinski definition) is 9. The number of nitrogens with one attached hydrogen (secondary N) is 1. The summed E-state index contributed by atoms with van der Waals surface area (Å²) in [6.07, 6.45) is 7.18. The molecular weight excluding hydrogens is 378 g/mol. The predicted molar refractivity (Wildman–Crippen MR) is 105 cm³/mol. The van der Waals surface area contributed by atoms with Crippen molar-refractivity contribution in [2.45, 2.75) is 32.2 Å². The first-order valence-electron chi connectivity index (χ1n) is 9.53. The zero-order valence-corrected chi connectivity index (χ0v) is 16.1. The van der Waals surface area contributed by atoms with E-state index in [1.807, 2.05) is 4.90 Å². The number of nitrogen functional groups attached to an aromatic ring is 1. The summed E-state index contributed by atoms with van der Waals surface area (Å²) in [5.74, 6) is 0.135. The molecule has 156 valence electrons. The molecule has 1 aliphatic rings. The van der Waals surface area contributed by atoms with Crippen LogP contribution in [-0.2, 0) is 16.1 Å². The Morgan fingerprint density at radius 2 is 1.93 bits per heavy atom. The summed E-state index contributed by atoms with van der Waals surface area (Å²) in [5, 5.41) is 8.53. The van der Waals surface area contributed by atoms with E-state index in [1.54, 1.807) is 28.6 Å². The zero-order chi connectivity index (χ0) is 20.6. The Balaban J connectivity index is 1.81. The molecule has 11 heteroatoms. The molecule has 0 saturated carbocycles. The largest absolute Gasteiger partial charge is 0.378 e. The topological polar surface area (TPSA) is 148 Å². The van der Waals surface area contributed by atoms with Crippen LogP contribution in [0.1, 0.15) is 25.7 Å². The quantitative estimate of drug-likeness (QED) is 0.319. The van der Waals surface area contributed by atoms with Crippen LogP contribution >= 0.6 is 0 Å². The molecule has 3 rings (SSSR count). The van der Waals surface area contributed by atoms with Crippen molar-refractivity contribution in [3.8, 4) is 11.3 Å². The maximum atomic E-state index is 13.0. The highest BCUT2D eigenvalue weighted by Gasteiger charge is 2.19. The number of hydroxylamine groups is 1. The lowest BCUT2D eigenvalue weighted by Gasteiger charge is -2.28. The highest BCUT2D eigenvalue weighted by molar-refractivity contribution is 5.74. The first-order chi connectivity index (χ1) is 14.1. The lowest BCUT2D eigenvalue weighted by atomic mass is 10.2. The first kappa shape index (κ1) is 20.7. The monoisotopic (exact) mass is 403 g/mol. The molecule has 0 bridgehead atoms. The Hall–Kier alpha value is -3.05. The van der Waals surface area contributed by atoms with Gasteiger partial charge in [0.25, 0.3) is 5.56 Å². The molecule has 0 radical (unpaired) electrons. The van der Waals surface area contributed by atoms with E-state index in [0.717, 1.165) is 6.42 Å². The fraction of sp³-hybridized carbons (Fsp3) is 0.500. The minimum absolute atomic E-state index is 0.167. The molecule has 11 nitrogen and oxygen atoms in total. The smallest absolute Gasteiger partial charge is 0.293 e. The van der Waals surface area contributed by atoms with Crippen molar-refractivity contribution >= 4 is 17.7 Å². The second-order valence-electron chi connectivity index (χ2n) is 6.72. The molecule has 3 heterocycles. The number of nitrogens with zero attached hydrogens (tertiary/aromatic N) is 5. The van der Waals surface area contributed by atoms with E-state index in [0.29, 0.717) is 62.8 Å². The van der Waals surface area contributed by atoms with E-state index in [9.17, 15) is 9.59 Å². The fourth-order valence-corrected chi connectivity index (χ4v) is 3.08. The third-order valence-corrected chi connectivity index (χ3v) is 4.66. The van der Waals surface area contributed by atoms with Gasteiger partial charge >= 0.3 is 0 Å². The number of ether oxygens (including phenoxy) is 1. The second-order valence-corrected chi connectivity index (χ2v) is 6.72. The summed E-state index contributed by atoms with van der Waals surface area (Å²) in [5.41, 5.74) is 8.27. The molecule has 1 amide bonds. The first-order valence-corrected chi connectivity index (χ1v) is 9.53. The van der Waals surface area contributed by atoms with E-state index in [2.05, 4.69) is 15.0 Å². The number of aryl methyl sites for hydroxylation is 1. The van der Waals surface area contributed by atoms with Gasteiger partial charge in [0.2, 0.25) is 11.9 Å². The normalized spacial score (nSPS) is 14.0. The third-order valence-electron chi connectivity index (χ3n) is 4.66. The zero-order valence-electron chi connectivity index (χ0n) is 16.1. The average molecular weight is 403 g/mol. The predicted octanol–water partition coefficient (Wildman–Crippen LogP) is 0.185. The summed E-state index contributed by atoms with van der Waals surface area (Å²) in [4.78, 5) is 38.6. The number of nitrogens with two attached hydrogens (primary N) is 1. The number of morpholine rings is 1. The van der Waals surface area contributed by atoms with Crippen LogP contribution < -0.4 is 21.7 Å². The van der Waals surface area contributed by atoms with E-state index < -0.39 is 5.91 Å². The Bertz CT molecular complexity index is 879. The Labute approximate surface area is 167 Å². The highest BCUT2D eigenvalue weighted by atomic mass is 16.5. The van der Waals surface area contributed by atoms with Crippen molar-refractivity contribution in [3.63, 3.8) is 0 Å².